The number of benzene rings is 5. The highest BCUT2D eigenvalue weighted by Gasteiger charge is 2.48. The molecule has 2 heterocycles. The van der Waals surface area contributed by atoms with Crippen molar-refractivity contribution >= 4 is 22.5 Å². The summed E-state index contributed by atoms with van der Waals surface area (Å²) in [6.45, 7) is 3.41. The van der Waals surface area contributed by atoms with Crippen LogP contribution in [0.2, 0.25) is 0 Å². The Labute approximate surface area is 259 Å². The fraction of sp³-hybridized carbons (Fsp3) is 0.268. The molecule has 0 bridgehead atoms. The van der Waals surface area contributed by atoms with Crippen molar-refractivity contribution in [3.63, 3.8) is 0 Å². The Morgan fingerprint density at radius 1 is 0.636 bits per heavy atom. The summed E-state index contributed by atoms with van der Waals surface area (Å²) in [5.74, 6) is 1.01. The third-order valence-corrected chi connectivity index (χ3v) is 10.7. The van der Waals surface area contributed by atoms with Gasteiger partial charge in [0.05, 0.1) is 13.2 Å². The molecule has 5 aromatic rings. The third kappa shape index (κ3) is 3.72. The van der Waals surface area contributed by atoms with Crippen LogP contribution < -0.4 is 9.64 Å². The monoisotopic (exact) mass is 575 g/mol. The molecule has 2 fully saturated rings. The largest absolute Gasteiger partial charge is 0.472 e. The number of nitrogens with zero attached hydrogens (tertiary/aromatic N) is 1. The van der Waals surface area contributed by atoms with E-state index in [0.29, 0.717) is 0 Å². The van der Waals surface area contributed by atoms with Crippen molar-refractivity contribution in [2.45, 2.75) is 43.1 Å². The van der Waals surface area contributed by atoms with Crippen molar-refractivity contribution in [2.24, 2.45) is 0 Å². The predicted octanol–water partition coefficient (Wildman–Crippen LogP) is 9.26. The van der Waals surface area contributed by atoms with Crippen molar-refractivity contribution in [3.05, 3.63) is 137 Å². The van der Waals surface area contributed by atoms with E-state index in [1.54, 1.807) is 0 Å². The van der Waals surface area contributed by atoms with E-state index in [2.05, 4.69) is 120 Å². The molecule has 0 N–H and O–H groups in total. The summed E-state index contributed by atoms with van der Waals surface area (Å²) in [6.07, 6.45) is 11.0. The zero-order valence-electron chi connectivity index (χ0n) is 25.1. The fourth-order valence-electron chi connectivity index (χ4n) is 8.70. The van der Waals surface area contributed by atoms with Gasteiger partial charge in [-0.1, -0.05) is 116 Å². The average Bonchev–Trinajstić information content (AvgIpc) is 3.39. The number of fused-ring (bicyclic) bond motifs is 10. The van der Waals surface area contributed by atoms with Gasteiger partial charge in [0, 0.05) is 46.3 Å². The number of anilines is 1. The first kappa shape index (κ1) is 26.1. The molecule has 1 unspecified atom stereocenters. The predicted molar refractivity (Wildman–Crippen MR) is 180 cm³/mol. The summed E-state index contributed by atoms with van der Waals surface area (Å²) < 4.78 is 13.1. The van der Waals surface area contributed by atoms with Gasteiger partial charge in [0.1, 0.15) is 5.75 Å². The Morgan fingerprint density at radius 3 is 2.11 bits per heavy atom. The van der Waals surface area contributed by atoms with Crippen LogP contribution in [-0.2, 0) is 15.8 Å². The van der Waals surface area contributed by atoms with E-state index in [1.807, 2.05) is 0 Å². The summed E-state index contributed by atoms with van der Waals surface area (Å²) in [4.78, 5) is 2.41. The highest BCUT2D eigenvalue weighted by Crippen LogP contribution is 2.62. The quantitative estimate of drug-likeness (QED) is 0.214. The number of rotatable bonds is 3. The minimum atomic E-state index is -0.736. The van der Waals surface area contributed by atoms with Gasteiger partial charge in [-0.05, 0) is 58.7 Å². The number of hydrogen-bond donors (Lipinski definition) is 0. The second-order valence-corrected chi connectivity index (χ2v) is 12.9. The lowest BCUT2D eigenvalue weighted by Crippen LogP contribution is -2.37. The highest BCUT2D eigenvalue weighted by atomic mass is 16.5. The summed E-state index contributed by atoms with van der Waals surface area (Å²) in [7, 11) is 0. The molecule has 5 aromatic carbocycles. The van der Waals surface area contributed by atoms with Gasteiger partial charge in [0.15, 0.2) is 5.60 Å². The molecule has 4 aliphatic rings. The van der Waals surface area contributed by atoms with Crippen molar-refractivity contribution in [3.8, 4) is 16.9 Å². The first-order chi connectivity index (χ1) is 21.8. The number of ether oxygens (including phenoxy) is 2. The van der Waals surface area contributed by atoms with Crippen LogP contribution in [0.4, 0.5) is 5.69 Å². The Morgan fingerprint density at radius 2 is 1.32 bits per heavy atom. The zero-order chi connectivity index (χ0) is 29.1. The lowest BCUT2D eigenvalue weighted by atomic mass is 9.66. The molecule has 3 nitrogen and oxygen atoms in total. The van der Waals surface area contributed by atoms with E-state index in [0.717, 1.165) is 43.2 Å². The number of hydrogen-bond acceptors (Lipinski definition) is 3. The summed E-state index contributed by atoms with van der Waals surface area (Å²) >= 11 is 0. The Balaban J connectivity index is 1.27. The SMILES string of the molecule is C1=CC(c2ccccc2)(c2ccc(N3CCOCC3)cc2)Oc2c1c1c(c3ccccc23)-c2ccccc2C12CCCCC2. The van der Waals surface area contributed by atoms with Gasteiger partial charge in [0.2, 0.25) is 0 Å². The van der Waals surface area contributed by atoms with Crippen molar-refractivity contribution in [1.29, 1.82) is 0 Å². The zero-order valence-corrected chi connectivity index (χ0v) is 25.1. The van der Waals surface area contributed by atoms with E-state index in [-0.39, 0.29) is 5.41 Å². The minimum Gasteiger partial charge on any atom is -0.472 e. The lowest BCUT2D eigenvalue weighted by molar-refractivity contribution is 0.122. The molecule has 218 valence electrons. The molecule has 2 aliphatic heterocycles. The Kier molecular flexibility index (Phi) is 5.99. The van der Waals surface area contributed by atoms with Crippen LogP contribution in [0.3, 0.4) is 0 Å². The average molecular weight is 576 g/mol. The maximum Gasteiger partial charge on any atom is 0.178 e. The molecule has 1 saturated carbocycles. The van der Waals surface area contributed by atoms with Gasteiger partial charge in [-0.3, -0.25) is 0 Å². The molecule has 1 atom stereocenters. The molecule has 1 saturated heterocycles. The summed E-state index contributed by atoms with van der Waals surface area (Å²) in [5, 5.41) is 2.49. The van der Waals surface area contributed by atoms with Gasteiger partial charge in [-0.15, -0.1) is 0 Å². The second kappa shape index (κ2) is 10.1. The van der Waals surface area contributed by atoms with Crippen molar-refractivity contribution in [2.75, 3.05) is 31.2 Å². The topological polar surface area (TPSA) is 21.7 Å². The lowest BCUT2D eigenvalue weighted by Gasteiger charge is -2.41. The standard InChI is InChI=1S/C41H37NO2/c1-3-11-29(12-4-1)41(30-17-19-31(20-18-30)42-25-27-43-28-26-42)24-21-35-38-37(32-13-5-6-14-33(32)39(35)44-41)34-15-7-8-16-36(34)40(38)22-9-2-10-23-40/h1,3-8,11-21,24H,2,9-10,22-23,25-28H2. The van der Waals surface area contributed by atoms with Crippen LogP contribution in [0.5, 0.6) is 5.75 Å². The van der Waals surface area contributed by atoms with Crippen LogP contribution in [0.1, 0.15) is 59.9 Å². The van der Waals surface area contributed by atoms with Crippen molar-refractivity contribution in [1.82, 2.24) is 0 Å². The van der Waals surface area contributed by atoms with E-state index in [9.17, 15) is 0 Å². The van der Waals surface area contributed by atoms with Gasteiger partial charge < -0.3 is 14.4 Å². The van der Waals surface area contributed by atoms with Crippen LogP contribution in [0.25, 0.3) is 28.0 Å². The van der Waals surface area contributed by atoms with E-state index in [1.165, 1.54) is 76.4 Å². The molecular formula is C41H37NO2. The van der Waals surface area contributed by atoms with Crippen molar-refractivity contribution < 1.29 is 9.47 Å². The normalized spacial score (nSPS) is 21.5. The summed E-state index contributed by atoms with van der Waals surface area (Å²) in [5.41, 5.74) is 9.94. The van der Waals surface area contributed by atoms with Crippen LogP contribution >= 0.6 is 0 Å². The molecule has 1 spiro atoms. The second-order valence-electron chi connectivity index (χ2n) is 12.9. The minimum absolute atomic E-state index is 0.0402. The number of morpholine rings is 1. The molecule has 9 rings (SSSR count). The van der Waals surface area contributed by atoms with Gasteiger partial charge in [0.25, 0.3) is 0 Å². The fourth-order valence-corrected chi connectivity index (χ4v) is 8.70. The Hall–Kier alpha value is -4.34. The van der Waals surface area contributed by atoms with Gasteiger partial charge in [-0.25, -0.2) is 0 Å². The van der Waals surface area contributed by atoms with Crippen LogP contribution in [0, 0.1) is 0 Å². The first-order valence-electron chi connectivity index (χ1n) is 16.3. The van der Waals surface area contributed by atoms with Gasteiger partial charge in [-0.2, -0.15) is 0 Å². The first-order valence-corrected chi connectivity index (χ1v) is 16.3. The van der Waals surface area contributed by atoms with E-state index >= 15 is 0 Å². The van der Waals surface area contributed by atoms with Crippen LogP contribution in [0.15, 0.2) is 109 Å². The molecular weight excluding hydrogens is 538 g/mol. The smallest absolute Gasteiger partial charge is 0.178 e. The molecule has 44 heavy (non-hydrogen) atoms. The van der Waals surface area contributed by atoms with Crippen LogP contribution in [-0.4, -0.2) is 26.3 Å². The molecule has 0 amide bonds. The maximum absolute atomic E-state index is 7.53. The van der Waals surface area contributed by atoms with E-state index in [4.69, 9.17) is 9.47 Å². The maximum atomic E-state index is 7.53. The molecule has 2 aliphatic carbocycles. The molecule has 0 aromatic heterocycles. The summed E-state index contributed by atoms with van der Waals surface area (Å²) in [6, 6.07) is 37.9. The highest BCUT2D eigenvalue weighted by molar-refractivity contribution is 6.08. The third-order valence-electron chi connectivity index (χ3n) is 10.7. The molecule has 0 radical (unpaired) electrons. The van der Waals surface area contributed by atoms with Gasteiger partial charge >= 0.3 is 0 Å². The van der Waals surface area contributed by atoms with E-state index < -0.39 is 5.60 Å². The Bertz CT molecular complexity index is 1900. The molecule has 3 heteroatoms.